The zero-order valence-corrected chi connectivity index (χ0v) is 15.1. The van der Waals surface area contributed by atoms with Crippen molar-refractivity contribution in [1.82, 2.24) is 0 Å². The summed E-state index contributed by atoms with van der Waals surface area (Å²) >= 11 is 0. The molecule has 0 bridgehead atoms. The topological polar surface area (TPSA) is 58.6 Å². The fourth-order valence-electron chi connectivity index (χ4n) is 3.97. The molecule has 2 amide bonds. The van der Waals surface area contributed by atoms with Gasteiger partial charge in [0.1, 0.15) is 6.61 Å². The molecule has 1 fully saturated rings. The number of carbonyl (C=O) groups is 2. The number of amides is 2. The number of methoxy groups -OCH3 is 1. The maximum atomic E-state index is 12.3. The van der Waals surface area contributed by atoms with Crippen molar-refractivity contribution in [3.05, 3.63) is 23.8 Å². The van der Waals surface area contributed by atoms with Crippen molar-refractivity contribution < 1.29 is 14.3 Å². The number of anilines is 2. The van der Waals surface area contributed by atoms with Crippen molar-refractivity contribution >= 4 is 23.2 Å². The molecule has 5 heteroatoms. The first kappa shape index (κ1) is 17.9. The highest BCUT2D eigenvalue weighted by molar-refractivity contribution is 5.97. The van der Waals surface area contributed by atoms with Crippen LogP contribution in [0.5, 0.6) is 0 Å². The lowest BCUT2D eigenvalue weighted by atomic mass is 10.0. The summed E-state index contributed by atoms with van der Waals surface area (Å²) in [4.78, 5) is 26.3. The highest BCUT2D eigenvalue weighted by atomic mass is 16.5. The molecule has 136 valence electrons. The quantitative estimate of drug-likeness (QED) is 0.859. The molecule has 5 nitrogen and oxygen atoms in total. The molecule has 0 saturated heterocycles. The van der Waals surface area contributed by atoms with E-state index in [-0.39, 0.29) is 18.4 Å². The van der Waals surface area contributed by atoms with Crippen LogP contribution in [0.3, 0.4) is 0 Å². The van der Waals surface area contributed by atoms with Crippen molar-refractivity contribution in [1.29, 1.82) is 0 Å². The number of nitrogens with zero attached hydrogens (tertiary/aromatic N) is 1. The Balaban J connectivity index is 1.63. The van der Waals surface area contributed by atoms with Crippen LogP contribution < -0.4 is 10.2 Å². The molecule has 0 atom stereocenters. The van der Waals surface area contributed by atoms with Crippen LogP contribution in [0.4, 0.5) is 11.4 Å². The Labute approximate surface area is 149 Å². The van der Waals surface area contributed by atoms with Gasteiger partial charge in [0.15, 0.2) is 0 Å². The van der Waals surface area contributed by atoms with Crippen LogP contribution in [0.2, 0.25) is 0 Å². The highest BCUT2D eigenvalue weighted by Crippen LogP contribution is 2.31. The first-order chi connectivity index (χ1) is 12.2. The third-order valence-corrected chi connectivity index (χ3v) is 5.31. The molecule has 0 aromatic heterocycles. The molecular formula is C20H28N2O3. The van der Waals surface area contributed by atoms with Crippen molar-refractivity contribution in [3.63, 3.8) is 0 Å². The van der Waals surface area contributed by atoms with E-state index in [9.17, 15) is 9.59 Å². The first-order valence-electron chi connectivity index (χ1n) is 9.39. The Morgan fingerprint density at radius 2 is 2.04 bits per heavy atom. The summed E-state index contributed by atoms with van der Waals surface area (Å²) in [6.45, 7) is 0.783. The summed E-state index contributed by atoms with van der Waals surface area (Å²) in [7, 11) is 1.53. The Kier molecular flexibility index (Phi) is 6.08. The minimum Gasteiger partial charge on any atom is -0.375 e. The predicted octanol–water partition coefficient (Wildman–Crippen LogP) is 3.52. The molecule has 2 aliphatic rings. The van der Waals surface area contributed by atoms with Crippen molar-refractivity contribution in [2.75, 3.05) is 30.5 Å². The summed E-state index contributed by atoms with van der Waals surface area (Å²) in [5.41, 5.74) is 2.83. The third-order valence-electron chi connectivity index (χ3n) is 5.31. The molecule has 1 saturated carbocycles. The number of carbonyl (C=O) groups excluding carboxylic acids is 2. The number of aryl methyl sites for hydroxylation is 1. The van der Waals surface area contributed by atoms with Crippen molar-refractivity contribution in [3.8, 4) is 0 Å². The number of hydrogen-bond donors (Lipinski definition) is 1. The Morgan fingerprint density at radius 1 is 1.24 bits per heavy atom. The monoisotopic (exact) mass is 344 g/mol. The van der Waals surface area contributed by atoms with Crippen LogP contribution in [0.25, 0.3) is 0 Å². The van der Waals surface area contributed by atoms with Gasteiger partial charge in [0.05, 0.1) is 0 Å². The fourth-order valence-corrected chi connectivity index (χ4v) is 3.97. The summed E-state index contributed by atoms with van der Waals surface area (Å²) in [6.07, 6.45) is 8.62. The Hall–Kier alpha value is -1.88. The molecular weight excluding hydrogens is 316 g/mol. The third kappa shape index (κ3) is 4.60. The van der Waals surface area contributed by atoms with E-state index < -0.39 is 0 Å². The van der Waals surface area contributed by atoms with Crippen molar-refractivity contribution in [2.24, 2.45) is 5.92 Å². The number of ether oxygens (including phenoxy) is 1. The van der Waals surface area contributed by atoms with E-state index >= 15 is 0 Å². The van der Waals surface area contributed by atoms with E-state index in [0.29, 0.717) is 13.0 Å². The van der Waals surface area contributed by atoms with Gasteiger partial charge in [-0.2, -0.15) is 0 Å². The summed E-state index contributed by atoms with van der Waals surface area (Å²) in [6, 6.07) is 5.89. The lowest BCUT2D eigenvalue weighted by Crippen LogP contribution is -2.37. The molecule has 1 N–H and O–H groups in total. The molecule has 1 heterocycles. The van der Waals surface area contributed by atoms with Crippen molar-refractivity contribution in [2.45, 2.75) is 51.4 Å². The van der Waals surface area contributed by atoms with E-state index in [1.807, 2.05) is 18.2 Å². The summed E-state index contributed by atoms with van der Waals surface area (Å²) in [5.74, 6) is 0.752. The van der Waals surface area contributed by atoms with Crippen LogP contribution in [0.1, 0.15) is 50.5 Å². The number of hydrogen-bond acceptors (Lipinski definition) is 3. The lowest BCUT2D eigenvalue weighted by molar-refractivity contribution is -0.122. The van der Waals surface area contributed by atoms with E-state index in [1.165, 1.54) is 32.8 Å². The number of rotatable bonds is 6. The van der Waals surface area contributed by atoms with Crippen LogP contribution in [-0.2, 0) is 20.7 Å². The molecule has 0 radical (unpaired) electrons. The number of nitrogens with one attached hydrogen (secondary N) is 1. The van der Waals surface area contributed by atoms with Gasteiger partial charge < -0.3 is 15.0 Å². The minimum atomic E-state index is -0.0341. The van der Waals surface area contributed by atoms with Crippen LogP contribution in [0.15, 0.2) is 18.2 Å². The predicted molar refractivity (Wildman–Crippen MR) is 98.8 cm³/mol. The van der Waals surface area contributed by atoms with Crippen LogP contribution in [0, 0.1) is 5.92 Å². The van der Waals surface area contributed by atoms with Gasteiger partial charge >= 0.3 is 0 Å². The molecule has 1 aromatic rings. The summed E-state index contributed by atoms with van der Waals surface area (Å²) in [5, 5.41) is 3.00. The molecule has 25 heavy (non-hydrogen) atoms. The van der Waals surface area contributed by atoms with Gasteiger partial charge in [0.2, 0.25) is 5.91 Å². The average Bonchev–Trinajstić information content (AvgIpc) is 3.13. The smallest absolute Gasteiger partial charge is 0.252 e. The standard InChI is InChI=1S/C20H28N2O3/c1-25-14-20(24)22-12-4-7-16-9-10-17(13-18(16)22)21-19(23)11-8-15-5-2-3-6-15/h9-10,13,15H,2-8,11-12,14H2,1H3,(H,21,23). The molecule has 0 spiro atoms. The number of benzene rings is 1. The Bertz CT molecular complexity index is 623. The second-order valence-corrected chi connectivity index (χ2v) is 7.16. The molecule has 1 aliphatic heterocycles. The van der Waals surface area contributed by atoms with Gasteiger partial charge in [-0.05, 0) is 42.9 Å². The van der Waals surface area contributed by atoms with Gasteiger partial charge in [0, 0.05) is 31.5 Å². The zero-order chi connectivity index (χ0) is 17.6. The first-order valence-corrected chi connectivity index (χ1v) is 9.39. The zero-order valence-electron chi connectivity index (χ0n) is 15.1. The number of fused-ring (bicyclic) bond motifs is 1. The fraction of sp³-hybridized carbons (Fsp3) is 0.600. The second-order valence-electron chi connectivity index (χ2n) is 7.16. The van der Waals surface area contributed by atoms with E-state index in [4.69, 9.17) is 4.74 Å². The normalized spacial score (nSPS) is 17.4. The Morgan fingerprint density at radius 3 is 2.80 bits per heavy atom. The molecule has 1 aromatic carbocycles. The van der Waals surface area contributed by atoms with Gasteiger partial charge in [-0.25, -0.2) is 0 Å². The lowest BCUT2D eigenvalue weighted by Gasteiger charge is -2.30. The maximum Gasteiger partial charge on any atom is 0.252 e. The molecule has 0 unspecified atom stereocenters. The van der Waals surface area contributed by atoms with E-state index in [1.54, 1.807) is 4.90 Å². The second kappa shape index (κ2) is 8.48. The largest absolute Gasteiger partial charge is 0.375 e. The molecule has 3 rings (SSSR count). The summed E-state index contributed by atoms with van der Waals surface area (Å²) < 4.78 is 4.99. The average molecular weight is 344 g/mol. The van der Waals surface area contributed by atoms with E-state index in [0.717, 1.165) is 42.1 Å². The van der Waals surface area contributed by atoms with Gasteiger partial charge in [-0.3, -0.25) is 9.59 Å². The highest BCUT2D eigenvalue weighted by Gasteiger charge is 2.23. The van der Waals surface area contributed by atoms with Crippen LogP contribution >= 0.6 is 0 Å². The van der Waals surface area contributed by atoms with Crippen LogP contribution in [-0.4, -0.2) is 32.1 Å². The van der Waals surface area contributed by atoms with Gasteiger partial charge in [-0.15, -0.1) is 0 Å². The molecule has 1 aliphatic carbocycles. The van der Waals surface area contributed by atoms with Gasteiger partial charge in [-0.1, -0.05) is 31.7 Å². The minimum absolute atomic E-state index is 0.0341. The van der Waals surface area contributed by atoms with Gasteiger partial charge in [0.25, 0.3) is 5.91 Å². The van der Waals surface area contributed by atoms with E-state index in [2.05, 4.69) is 5.32 Å². The maximum absolute atomic E-state index is 12.3. The SMILES string of the molecule is COCC(=O)N1CCCc2ccc(NC(=O)CCC3CCCC3)cc21.